The Morgan fingerprint density at radius 2 is 1.51 bits per heavy atom. The van der Waals surface area contributed by atoms with Crippen molar-refractivity contribution in [3.63, 3.8) is 0 Å². The zero-order chi connectivity index (χ0) is 25.6. The molecule has 3 aromatic carbocycles. The Kier molecular flexibility index (Phi) is 8.30. The van der Waals surface area contributed by atoms with Crippen molar-refractivity contribution in [2.75, 3.05) is 17.9 Å². The predicted molar refractivity (Wildman–Crippen MR) is 137 cm³/mol. The van der Waals surface area contributed by atoms with E-state index in [4.69, 9.17) is 0 Å². The van der Waals surface area contributed by atoms with Crippen LogP contribution >= 0.6 is 0 Å². The number of nitrogens with zero attached hydrogens (tertiary/aromatic N) is 2. The van der Waals surface area contributed by atoms with Gasteiger partial charge < -0.3 is 10.2 Å². The second-order valence-electron chi connectivity index (χ2n) is 8.41. The number of rotatable bonds is 9. The molecule has 0 saturated carbocycles. The molecule has 0 aliphatic heterocycles. The van der Waals surface area contributed by atoms with Crippen LogP contribution in [0, 0.1) is 13.8 Å². The van der Waals surface area contributed by atoms with Crippen LogP contribution in [-0.2, 0) is 26.2 Å². The second kappa shape index (κ2) is 11.2. The van der Waals surface area contributed by atoms with E-state index in [9.17, 15) is 18.0 Å². The number of carbonyl (C=O) groups is 2. The zero-order valence-electron chi connectivity index (χ0n) is 20.4. The standard InChI is InChI=1S/C27H31N3O4S/c1-20-15-16-25(21(2)17-20)30(35(33,34)24-13-9-6-10-14-24)19-26(31)29(22(3)27(32)28-4)18-23-11-7-5-8-12-23/h5-17,22H,18-19H2,1-4H3,(H,28,32)/t22-/m1/s1. The molecule has 3 aromatic rings. The maximum atomic E-state index is 13.7. The van der Waals surface area contributed by atoms with Gasteiger partial charge in [-0.1, -0.05) is 66.2 Å². The van der Waals surface area contributed by atoms with Gasteiger partial charge >= 0.3 is 0 Å². The lowest BCUT2D eigenvalue weighted by Crippen LogP contribution is -2.50. The summed E-state index contributed by atoms with van der Waals surface area (Å²) in [7, 11) is -2.55. The van der Waals surface area contributed by atoms with Crippen LogP contribution in [0.2, 0.25) is 0 Å². The average Bonchev–Trinajstić information content (AvgIpc) is 2.86. The Bertz CT molecular complexity index is 1280. The van der Waals surface area contributed by atoms with Crippen LogP contribution in [0.1, 0.15) is 23.6 Å². The number of sulfonamides is 1. The molecule has 0 bridgehead atoms. The summed E-state index contributed by atoms with van der Waals surface area (Å²) < 4.78 is 28.6. The lowest BCUT2D eigenvalue weighted by molar-refractivity contribution is -0.139. The molecule has 7 nitrogen and oxygen atoms in total. The molecule has 0 saturated heterocycles. The van der Waals surface area contributed by atoms with Gasteiger partial charge in [-0.3, -0.25) is 13.9 Å². The Morgan fingerprint density at radius 1 is 0.914 bits per heavy atom. The lowest BCUT2D eigenvalue weighted by atomic mass is 10.1. The number of hydrogen-bond acceptors (Lipinski definition) is 4. The Hall–Kier alpha value is -3.65. The van der Waals surface area contributed by atoms with Crippen LogP contribution in [-0.4, -0.2) is 44.8 Å². The van der Waals surface area contributed by atoms with Crippen molar-refractivity contribution in [2.45, 2.75) is 38.3 Å². The van der Waals surface area contributed by atoms with E-state index in [0.29, 0.717) is 5.69 Å². The molecule has 2 amide bonds. The van der Waals surface area contributed by atoms with Crippen LogP contribution in [0.5, 0.6) is 0 Å². The zero-order valence-corrected chi connectivity index (χ0v) is 21.2. The summed E-state index contributed by atoms with van der Waals surface area (Å²) in [6, 6.07) is 21.9. The van der Waals surface area contributed by atoms with E-state index >= 15 is 0 Å². The van der Waals surface area contributed by atoms with E-state index in [1.807, 2.05) is 56.3 Å². The van der Waals surface area contributed by atoms with Gasteiger partial charge in [0.05, 0.1) is 10.6 Å². The molecule has 0 aliphatic rings. The van der Waals surface area contributed by atoms with Crippen LogP contribution in [0.3, 0.4) is 0 Å². The minimum atomic E-state index is -4.06. The van der Waals surface area contributed by atoms with Gasteiger partial charge in [0.15, 0.2) is 0 Å². The maximum Gasteiger partial charge on any atom is 0.264 e. The van der Waals surface area contributed by atoms with Crippen LogP contribution in [0.15, 0.2) is 83.8 Å². The van der Waals surface area contributed by atoms with Crippen molar-refractivity contribution in [2.24, 2.45) is 0 Å². The quantitative estimate of drug-likeness (QED) is 0.493. The largest absolute Gasteiger partial charge is 0.357 e. The van der Waals surface area contributed by atoms with Gasteiger partial charge in [-0.05, 0) is 50.1 Å². The lowest BCUT2D eigenvalue weighted by Gasteiger charge is -2.32. The van der Waals surface area contributed by atoms with Gasteiger partial charge in [0.1, 0.15) is 12.6 Å². The van der Waals surface area contributed by atoms with E-state index in [0.717, 1.165) is 21.0 Å². The third-order valence-corrected chi connectivity index (χ3v) is 7.61. The molecule has 1 atom stereocenters. The third-order valence-electron chi connectivity index (χ3n) is 5.84. The molecular formula is C27H31N3O4S. The number of nitrogens with one attached hydrogen (secondary N) is 1. The van der Waals surface area contributed by atoms with Crippen LogP contribution in [0.25, 0.3) is 0 Å². The number of benzene rings is 3. The molecule has 0 fully saturated rings. The van der Waals surface area contributed by atoms with Gasteiger partial charge in [0.25, 0.3) is 10.0 Å². The highest BCUT2D eigenvalue weighted by Crippen LogP contribution is 2.28. The fourth-order valence-corrected chi connectivity index (χ4v) is 5.39. The molecule has 0 aliphatic carbocycles. The summed E-state index contributed by atoms with van der Waals surface area (Å²) in [4.78, 5) is 27.7. The van der Waals surface area contributed by atoms with E-state index < -0.39 is 28.5 Å². The van der Waals surface area contributed by atoms with Crippen molar-refractivity contribution < 1.29 is 18.0 Å². The third kappa shape index (κ3) is 6.08. The van der Waals surface area contributed by atoms with E-state index in [2.05, 4.69) is 5.32 Å². The number of likely N-dealkylation sites (N-methyl/N-ethyl adjacent to an activating group) is 1. The highest BCUT2D eigenvalue weighted by atomic mass is 32.2. The first kappa shape index (κ1) is 26.0. The van der Waals surface area contributed by atoms with Crippen molar-refractivity contribution in [3.8, 4) is 0 Å². The topological polar surface area (TPSA) is 86.8 Å². The molecule has 0 heterocycles. The summed E-state index contributed by atoms with van der Waals surface area (Å²) in [5.74, 6) is -0.817. The summed E-state index contributed by atoms with van der Waals surface area (Å²) in [6.07, 6.45) is 0. The molecule has 8 heteroatoms. The summed E-state index contributed by atoms with van der Waals surface area (Å²) in [5, 5.41) is 2.58. The highest BCUT2D eigenvalue weighted by Gasteiger charge is 2.32. The molecule has 184 valence electrons. The summed E-state index contributed by atoms with van der Waals surface area (Å²) in [5.41, 5.74) is 2.96. The molecule has 0 radical (unpaired) electrons. The smallest absolute Gasteiger partial charge is 0.264 e. The fourth-order valence-electron chi connectivity index (χ4n) is 3.89. The van der Waals surface area contributed by atoms with Gasteiger partial charge in [-0.15, -0.1) is 0 Å². The number of anilines is 1. The first-order valence-electron chi connectivity index (χ1n) is 11.3. The minimum absolute atomic E-state index is 0.0849. The first-order valence-corrected chi connectivity index (χ1v) is 12.8. The molecular weight excluding hydrogens is 462 g/mol. The van der Waals surface area contributed by atoms with Crippen molar-refractivity contribution in [1.82, 2.24) is 10.2 Å². The number of carbonyl (C=O) groups excluding carboxylic acids is 2. The molecule has 0 aromatic heterocycles. The number of amides is 2. The van der Waals surface area contributed by atoms with Gasteiger partial charge in [-0.2, -0.15) is 0 Å². The Balaban J connectivity index is 2.05. The van der Waals surface area contributed by atoms with Crippen LogP contribution < -0.4 is 9.62 Å². The molecule has 3 rings (SSSR count). The summed E-state index contributed by atoms with van der Waals surface area (Å²) >= 11 is 0. The number of hydrogen-bond donors (Lipinski definition) is 1. The predicted octanol–water partition coefficient (Wildman–Crippen LogP) is 3.66. The van der Waals surface area contributed by atoms with Crippen molar-refractivity contribution in [3.05, 3.63) is 95.6 Å². The SMILES string of the molecule is CNC(=O)[C@@H](C)N(Cc1ccccc1)C(=O)CN(c1ccc(C)cc1C)S(=O)(=O)c1ccccc1. The van der Waals surface area contributed by atoms with Gasteiger partial charge in [-0.25, -0.2) is 8.42 Å². The van der Waals surface area contributed by atoms with E-state index in [1.54, 1.807) is 31.2 Å². The first-order chi connectivity index (χ1) is 16.6. The van der Waals surface area contributed by atoms with Crippen molar-refractivity contribution >= 4 is 27.5 Å². The second-order valence-corrected chi connectivity index (χ2v) is 10.3. The Morgan fingerprint density at radius 3 is 2.09 bits per heavy atom. The van der Waals surface area contributed by atoms with Gasteiger partial charge in [0.2, 0.25) is 11.8 Å². The highest BCUT2D eigenvalue weighted by molar-refractivity contribution is 7.92. The molecule has 1 N–H and O–H groups in total. The molecule has 0 unspecified atom stereocenters. The van der Waals surface area contributed by atoms with Gasteiger partial charge in [0, 0.05) is 13.6 Å². The monoisotopic (exact) mass is 493 g/mol. The number of aryl methyl sites for hydroxylation is 2. The fraction of sp³-hybridized carbons (Fsp3) is 0.259. The van der Waals surface area contributed by atoms with Crippen molar-refractivity contribution in [1.29, 1.82) is 0 Å². The summed E-state index contributed by atoms with van der Waals surface area (Å²) in [6.45, 7) is 5.09. The average molecular weight is 494 g/mol. The maximum absolute atomic E-state index is 13.7. The van der Waals surface area contributed by atoms with E-state index in [1.165, 1.54) is 24.1 Å². The Labute approximate surface area is 207 Å². The molecule has 35 heavy (non-hydrogen) atoms. The molecule has 0 spiro atoms. The van der Waals surface area contributed by atoms with E-state index in [-0.39, 0.29) is 17.3 Å². The van der Waals surface area contributed by atoms with Crippen LogP contribution in [0.4, 0.5) is 5.69 Å². The minimum Gasteiger partial charge on any atom is -0.357 e. The normalized spacial score (nSPS) is 12.0.